The van der Waals surface area contributed by atoms with Crippen LogP contribution in [0.1, 0.15) is 24.0 Å². The van der Waals surface area contributed by atoms with E-state index in [1.807, 2.05) is 6.92 Å². The van der Waals surface area contributed by atoms with Crippen LogP contribution in [0.2, 0.25) is 0 Å². The standard InChI is InChI=1S/C22H21F3N4O3/c1-12-9-27-28(2)21(12)19-8-20(18(25)10-26-19)32-17-5-14(6-17)22(30)29(31)11-13-3-15(23)7-16(24)4-13/h3-4,7-10,14,17,31H,5-6,11H2,1-2H3. The summed E-state index contributed by atoms with van der Waals surface area (Å²) in [7, 11) is 1.76. The van der Waals surface area contributed by atoms with E-state index in [4.69, 9.17) is 4.74 Å². The van der Waals surface area contributed by atoms with Gasteiger partial charge in [-0.1, -0.05) is 0 Å². The van der Waals surface area contributed by atoms with Crippen LogP contribution in [0.25, 0.3) is 11.4 Å². The smallest absolute Gasteiger partial charge is 0.249 e. The van der Waals surface area contributed by atoms with Crippen LogP contribution in [0.3, 0.4) is 0 Å². The Kier molecular flexibility index (Phi) is 5.88. The number of pyridine rings is 1. The monoisotopic (exact) mass is 446 g/mol. The van der Waals surface area contributed by atoms with Crippen molar-refractivity contribution >= 4 is 5.91 Å². The maximum absolute atomic E-state index is 14.2. The summed E-state index contributed by atoms with van der Waals surface area (Å²) in [6.07, 6.45) is 2.89. The number of rotatable bonds is 6. The van der Waals surface area contributed by atoms with E-state index in [-0.39, 0.29) is 30.7 Å². The van der Waals surface area contributed by atoms with Gasteiger partial charge in [-0.2, -0.15) is 5.10 Å². The van der Waals surface area contributed by atoms with Crippen LogP contribution in [0, 0.1) is 30.3 Å². The molecule has 10 heteroatoms. The molecule has 0 aliphatic heterocycles. The maximum atomic E-state index is 14.2. The Morgan fingerprint density at radius 2 is 1.88 bits per heavy atom. The number of hydrogen-bond donors (Lipinski definition) is 1. The van der Waals surface area contributed by atoms with Crippen LogP contribution in [0.5, 0.6) is 5.75 Å². The molecule has 1 aliphatic carbocycles. The largest absolute Gasteiger partial charge is 0.487 e. The molecule has 0 spiro atoms. The van der Waals surface area contributed by atoms with Crippen LogP contribution in [0.4, 0.5) is 13.2 Å². The van der Waals surface area contributed by atoms with Crippen molar-refractivity contribution in [1.29, 1.82) is 0 Å². The first-order valence-corrected chi connectivity index (χ1v) is 9.97. The van der Waals surface area contributed by atoms with Crippen molar-refractivity contribution in [3.8, 4) is 17.1 Å². The van der Waals surface area contributed by atoms with Gasteiger partial charge in [0.2, 0.25) is 5.91 Å². The molecule has 0 unspecified atom stereocenters. The molecule has 1 amide bonds. The zero-order valence-electron chi connectivity index (χ0n) is 17.4. The molecule has 0 atom stereocenters. The number of ether oxygens (including phenoxy) is 1. The summed E-state index contributed by atoms with van der Waals surface area (Å²) < 4.78 is 48.2. The van der Waals surface area contributed by atoms with Crippen molar-refractivity contribution in [3.05, 3.63) is 65.2 Å². The minimum Gasteiger partial charge on any atom is -0.487 e. The molecular weight excluding hydrogens is 425 g/mol. The number of hydrogen-bond acceptors (Lipinski definition) is 5. The van der Waals surface area contributed by atoms with Gasteiger partial charge in [0, 0.05) is 25.1 Å². The third-order valence-corrected chi connectivity index (χ3v) is 5.43. The van der Waals surface area contributed by atoms with Gasteiger partial charge in [-0.05, 0) is 43.0 Å². The van der Waals surface area contributed by atoms with E-state index in [0.29, 0.717) is 16.8 Å². The Morgan fingerprint density at radius 3 is 2.50 bits per heavy atom. The summed E-state index contributed by atoms with van der Waals surface area (Å²) in [5, 5.41) is 14.6. The number of benzene rings is 1. The Labute approximate surface area is 182 Å². The van der Waals surface area contributed by atoms with E-state index < -0.39 is 35.4 Å². The Bertz CT molecular complexity index is 1120. The third-order valence-electron chi connectivity index (χ3n) is 5.43. The van der Waals surface area contributed by atoms with Crippen molar-refractivity contribution < 1.29 is 27.9 Å². The van der Waals surface area contributed by atoms with E-state index in [1.165, 1.54) is 6.07 Å². The van der Waals surface area contributed by atoms with Crippen LogP contribution in [-0.2, 0) is 18.4 Å². The molecule has 32 heavy (non-hydrogen) atoms. The van der Waals surface area contributed by atoms with Gasteiger partial charge in [-0.15, -0.1) is 0 Å². The molecule has 2 aromatic heterocycles. The van der Waals surface area contributed by atoms with Crippen LogP contribution >= 0.6 is 0 Å². The number of aromatic nitrogens is 3. The van der Waals surface area contributed by atoms with Gasteiger partial charge in [0.15, 0.2) is 11.6 Å². The van der Waals surface area contributed by atoms with Crippen molar-refractivity contribution in [2.75, 3.05) is 0 Å². The first-order valence-electron chi connectivity index (χ1n) is 9.97. The summed E-state index contributed by atoms with van der Waals surface area (Å²) >= 11 is 0. The van der Waals surface area contributed by atoms with E-state index in [1.54, 1.807) is 17.9 Å². The normalized spacial score (nSPS) is 17.7. The highest BCUT2D eigenvalue weighted by atomic mass is 19.1. The summed E-state index contributed by atoms with van der Waals surface area (Å²) in [6, 6.07) is 4.28. The number of carbonyl (C=O) groups is 1. The van der Waals surface area contributed by atoms with E-state index in [0.717, 1.165) is 29.6 Å². The lowest BCUT2D eigenvalue weighted by Crippen LogP contribution is -2.44. The number of nitrogens with zero attached hydrogens (tertiary/aromatic N) is 4. The average Bonchev–Trinajstić information content (AvgIpc) is 3.02. The highest BCUT2D eigenvalue weighted by molar-refractivity contribution is 5.78. The van der Waals surface area contributed by atoms with Gasteiger partial charge < -0.3 is 4.74 Å². The Balaban J connectivity index is 1.37. The summed E-state index contributed by atoms with van der Waals surface area (Å²) in [5.41, 5.74) is 2.26. The number of amides is 1. The SMILES string of the molecule is Cc1cnn(C)c1-c1cc(OC2CC(C(=O)N(O)Cc3cc(F)cc(F)c3)C2)c(F)cn1. The predicted octanol–water partition coefficient (Wildman–Crippen LogP) is 3.78. The minimum absolute atomic E-state index is 0.0163. The molecule has 0 bridgehead atoms. The lowest BCUT2D eigenvalue weighted by molar-refractivity contribution is -0.178. The number of halogens is 3. The van der Waals surface area contributed by atoms with Crippen molar-refractivity contribution in [3.63, 3.8) is 0 Å². The quantitative estimate of drug-likeness (QED) is 0.461. The molecule has 168 valence electrons. The van der Waals surface area contributed by atoms with Gasteiger partial charge >= 0.3 is 0 Å². The number of carbonyl (C=O) groups excluding carboxylic acids is 1. The van der Waals surface area contributed by atoms with E-state index >= 15 is 0 Å². The van der Waals surface area contributed by atoms with E-state index in [9.17, 15) is 23.2 Å². The lowest BCUT2D eigenvalue weighted by Gasteiger charge is -2.35. The fourth-order valence-electron chi connectivity index (χ4n) is 3.76. The Morgan fingerprint density at radius 1 is 1.19 bits per heavy atom. The number of hydroxylamine groups is 2. The summed E-state index contributed by atoms with van der Waals surface area (Å²) in [5.74, 6) is -3.32. The average molecular weight is 446 g/mol. The number of aryl methyl sites for hydroxylation is 2. The zero-order valence-corrected chi connectivity index (χ0v) is 17.4. The second-order valence-corrected chi connectivity index (χ2v) is 7.88. The first kappa shape index (κ1) is 21.8. The predicted molar refractivity (Wildman–Crippen MR) is 107 cm³/mol. The lowest BCUT2D eigenvalue weighted by atomic mass is 9.81. The Hall–Kier alpha value is -3.40. The molecule has 4 rings (SSSR count). The van der Waals surface area contributed by atoms with Gasteiger partial charge in [0.25, 0.3) is 0 Å². The third kappa shape index (κ3) is 4.45. The van der Waals surface area contributed by atoms with Gasteiger partial charge in [-0.25, -0.2) is 18.2 Å². The van der Waals surface area contributed by atoms with Crippen molar-refractivity contribution in [1.82, 2.24) is 19.8 Å². The molecule has 2 heterocycles. The van der Waals surface area contributed by atoms with Gasteiger partial charge in [-0.3, -0.25) is 19.7 Å². The molecule has 1 aliphatic rings. The van der Waals surface area contributed by atoms with Crippen LogP contribution in [0.15, 0.2) is 36.7 Å². The topological polar surface area (TPSA) is 80.5 Å². The van der Waals surface area contributed by atoms with E-state index in [2.05, 4.69) is 10.1 Å². The highest BCUT2D eigenvalue weighted by Crippen LogP contribution is 2.35. The molecular formula is C22H21F3N4O3. The van der Waals surface area contributed by atoms with Crippen molar-refractivity contribution in [2.45, 2.75) is 32.4 Å². The van der Waals surface area contributed by atoms with Crippen LogP contribution < -0.4 is 4.74 Å². The molecule has 1 fully saturated rings. The summed E-state index contributed by atoms with van der Waals surface area (Å²) in [4.78, 5) is 16.5. The minimum atomic E-state index is -0.793. The summed E-state index contributed by atoms with van der Waals surface area (Å²) in [6.45, 7) is 1.52. The van der Waals surface area contributed by atoms with Crippen molar-refractivity contribution in [2.24, 2.45) is 13.0 Å². The maximum Gasteiger partial charge on any atom is 0.249 e. The van der Waals surface area contributed by atoms with Gasteiger partial charge in [0.1, 0.15) is 17.7 Å². The fraction of sp³-hybridized carbons (Fsp3) is 0.318. The molecule has 1 saturated carbocycles. The fourth-order valence-corrected chi connectivity index (χ4v) is 3.76. The second kappa shape index (κ2) is 8.62. The molecule has 0 saturated heterocycles. The molecule has 1 N–H and O–H groups in total. The first-order chi connectivity index (χ1) is 15.2. The van der Waals surface area contributed by atoms with Crippen LogP contribution in [-0.4, -0.2) is 37.0 Å². The molecule has 3 aromatic rings. The molecule has 1 aromatic carbocycles. The highest BCUT2D eigenvalue weighted by Gasteiger charge is 2.38. The molecule has 0 radical (unpaired) electrons. The molecule has 7 nitrogen and oxygen atoms in total. The van der Waals surface area contributed by atoms with Gasteiger partial charge in [0.05, 0.1) is 30.3 Å². The zero-order chi connectivity index (χ0) is 23.0. The second-order valence-electron chi connectivity index (χ2n) is 7.88.